The molecule has 0 heterocycles. The number of rotatable bonds is 12. The fraction of sp³-hybridized carbons (Fsp3) is 0.944. The lowest BCUT2D eigenvalue weighted by Gasteiger charge is -2.31. The number of guanidine groups is 1. The van der Waals surface area contributed by atoms with Crippen molar-refractivity contribution in [2.24, 2.45) is 4.99 Å². The fourth-order valence-corrected chi connectivity index (χ4v) is 3.09. The van der Waals surface area contributed by atoms with Crippen LogP contribution in [0.25, 0.3) is 0 Å². The molecule has 0 aromatic carbocycles. The third-order valence-electron chi connectivity index (χ3n) is 4.59. The molecule has 1 fully saturated rings. The molecule has 1 saturated carbocycles. The molecule has 0 radical (unpaired) electrons. The molecule has 0 atom stereocenters. The summed E-state index contributed by atoms with van der Waals surface area (Å²) in [5.41, 5.74) is 0. The van der Waals surface area contributed by atoms with Gasteiger partial charge in [0.1, 0.15) is 0 Å². The Hall–Kier alpha value is -0.120. The van der Waals surface area contributed by atoms with Crippen LogP contribution in [0, 0.1) is 0 Å². The van der Waals surface area contributed by atoms with E-state index in [1.807, 2.05) is 7.05 Å². The standard InChI is InChI=1S/C18H38N4O2.HI/c1-19-18(21-12-8-14-24-16-15-23-3)20-11-7-13-22(2)17-9-5-4-6-10-17;/h17H,4-16H2,1-3H3,(H2,19,20,21);1H. The molecule has 0 saturated heterocycles. The topological polar surface area (TPSA) is 58.1 Å². The van der Waals surface area contributed by atoms with E-state index < -0.39 is 0 Å². The number of ether oxygens (including phenoxy) is 2. The zero-order valence-electron chi connectivity index (χ0n) is 16.4. The predicted octanol–water partition coefficient (Wildman–Crippen LogP) is 2.48. The van der Waals surface area contributed by atoms with Crippen LogP contribution < -0.4 is 10.6 Å². The van der Waals surface area contributed by atoms with E-state index in [1.165, 1.54) is 32.1 Å². The summed E-state index contributed by atoms with van der Waals surface area (Å²) in [4.78, 5) is 6.80. The Morgan fingerprint density at radius 2 is 1.72 bits per heavy atom. The highest BCUT2D eigenvalue weighted by molar-refractivity contribution is 14.0. The number of nitrogens with zero attached hydrogens (tertiary/aromatic N) is 2. The minimum atomic E-state index is 0. The van der Waals surface area contributed by atoms with Crippen molar-refractivity contribution in [3.63, 3.8) is 0 Å². The number of aliphatic imine (C=N–C) groups is 1. The van der Waals surface area contributed by atoms with Gasteiger partial charge in [0.2, 0.25) is 0 Å². The van der Waals surface area contributed by atoms with Crippen LogP contribution in [0.15, 0.2) is 4.99 Å². The Morgan fingerprint density at radius 3 is 2.36 bits per heavy atom. The molecular formula is C18H39IN4O2. The minimum absolute atomic E-state index is 0. The van der Waals surface area contributed by atoms with Gasteiger partial charge < -0.3 is 25.0 Å². The summed E-state index contributed by atoms with van der Waals surface area (Å²) < 4.78 is 10.4. The molecule has 7 heteroatoms. The van der Waals surface area contributed by atoms with Crippen molar-refractivity contribution in [3.8, 4) is 0 Å². The molecule has 2 N–H and O–H groups in total. The van der Waals surface area contributed by atoms with Crippen molar-refractivity contribution >= 4 is 29.9 Å². The summed E-state index contributed by atoms with van der Waals surface area (Å²) in [6.45, 7) is 5.06. The monoisotopic (exact) mass is 470 g/mol. The van der Waals surface area contributed by atoms with E-state index in [9.17, 15) is 0 Å². The number of hydrogen-bond donors (Lipinski definition) is 2. The van der Waals surface area contributed by atoms with E-state index in [4.69, 9.17) is 9.47 Å². The third-order valence-corrected chi connectivity index (χ3v) is 4.59. The first-order valence-corrected chi connectivity index (χ1v) is 9.49. The normalized spacial score (nSPS) is 15.9. The van der Waals surface area contributed by atoms with E-state index in [1.54, 1.807) is 7.11 Å². The van der Waals surface area contributed by atoms with Crippen LogP contribution in [-0.2, 0) is 9.47 Å². The van der Waals surface area contributed by atoms with Crippen molar-refractivity contribution in [1.29, 1.82) is 0 Å². The average Bonchev–Trinajstić information content (AvgIpc) is 2.63. The number of halogens is 1. The molecule has 1 aliphatic rings. The van der Waals surface area contributed by atoms with Crippen molar-refractivity contribution in [2.45, 2.75) is 51.0 Å². The first-order valence-electron chi connectivity index (χ1n) is 9.49. The van der Waals surface area contributed by atoms with Crippen LogP contribution in [0.1, 0.15) is 44.9 Å². The van der Waals surface area contributed by atoms with Crippen LogP contribution in [0.4, 0.5) is 0 Å². The van der Waals surface area contributed by atoms with Crippen LogP contribution in [0.2, 0.25) is 0 Å². The second kappa shape index (κ2) is 17.3. The van der Waals surface area contributed by atoms with Crippen LogP contribution in [0.5, 0.6) is 0 Å². The molecule has 6 nitrogen and oxygen atoms in total. The molecule has 1 rings (SSSR count). The van der Waals surface area contributed by atoms with Crippen LogP contribution >= 0.6 is 24.0 Å². The first kappa shape index (κ1) is 24.9. The van der Waals surface area contributed by atoms with E-state index >= 15 is 0 Å². The van der Waals surface area contributed by atoms with Gasteiger partial charge in [0.15, 0.2) is 5.96 Å². The number of hydrogen-bond acceptors (Lipinski definition) is 4. The smallest absolute Gasteiger partial charge is 0.190 e. The molecule has 150 valence electrons. The summed E-state index contributed by atoms with van der Waals surface area (Å²) in [5, 5.41) is 6.72. The van der Waals surface area contributed by atoms with E-state index in [-0.39, 0.29) is 24.0 Å². The lowest BCUT2D eigenvalue weighted by Crippen LogP contribution is -2.40. The first-order chi connectivity index (χ1) is 11.8. The summed E-state index contributed by atoms with van der Waals surface area (Å²) in [6, 6.07) is 0.800. The SMILES string of the molecule is CN=C(NCCCOCCOC)NCCCN(C)C1CCCCC1.I. The van der Waals surface area contributed by atoms with E-state index in [0.29, 0.717) is 13.2 Å². The lowest BCUT2D eigenvalue weighted by atomic mass is 9.94. The second-order valence-corrected chi connectivity index (χ2v) is 6.51. The fourth-order valence-electron chi connectivity index (χ4n) is 3.09. The molecule has 0 aromatic rings. The van der Waals surface area contributed by atoms with Gasteiger partial charge in [-0.2, -0.15) is 0 Å². The Labute approximate surface area is 171 Å². The van der Waals surface area contributed by atoms with Gasteiger partial charge in [0.05, 0.1) is 13.2 Å². The molecule has 0 amide bonds. The highest BCUT2D eigenvalue weighted by atomic mass is 127. The Balaban J connectivity index is 0.00000576. The molecule has 0 bridgehead atoms. The van der Waals surface area contributed by atoms with Gasteiger partial charge in [-0.05, 0) is 39.3 Å². The largest absolute Gasteiger partial charge is 0.382 e. The number of nitrogens with one attached hydrogen (secondary N) is 2. The predicted molar refractivity (Wildman–Crippen MR) is 116 cm³/mol. The molecule has 0 spiro atoms. The van der Waals surface area contributed by atoms with Gasteiger partial charge in [-0.15, -0.1) is 24.0 Å². The van der Waals surface area contributed by atoms with Gasteiger partial charge in [-0.25, -0.2) is 0 Å². The highest BCUT2D eigenvalue weighted by Gasteiger charge is 2.17. The van der Waals surface area contributed by atoms with E-state index in [0.717, 1.165) is 51.1 Å². The van der Waals surface area contributed by atoms with Gasteiger partial charge >= 0.3 is 0 Å². The van der Waals surface area contributed by atoms with Gasteiger partial charge in [-0.1, -0.05) is 19.3 Å². The second-order valence-electron chi connectivity index (χ2n) is 6.51. The zero-order chi connectivity index (χ0) is 17.5. The molecule has 0 aromatic heterocycles. The van der Waals surface area contributed by atoms with Gasteiger partial charge in [0.25, 0.3) is 0 Å². The Morgan fingerprint density at radius 1 is 1.04 bits per heavy atom. The van der Waals surface area contributed by atoms with Gasteiger partial charge in [0, 0.05) is 39.9 Å². The van der Waals surface area contributed by atoms with Gasteiger partial charge in [-0.3, -0.25) is 4.99 Å². The Bertz CT molecular complexity index is 326. The maximum absolute atomic E-state index is 5.44. The van der Waals surface area contributed by atoms with E-state index in [2.05, 4.69) is 27.6 Å². The highest BCUT2D eigenvalue weighted by Crippen LogP contribution is 2.21. The Kier molecular flexibility index (Phi) is 17.2. The van der Waals surface area contributed by atoms with Crippen molar-refractivity contribution in [1.82, 2.24) is 15.5 Å². The van der Waals surface area contributed by atoms with Crippen LogP contribution in [0.3, 0.4) is 0 Å². The summed E-state index contributed by atoms with van der Waals surface area (Å²) in [7, 11) is 5.78. The zero-order valence-corrected chi connectivity index (χ0v) is 18.7. The lowest BCUT2D eigenvalue weighted by molar-refractivity contribution is 0.0698. The summed E-state index contributed by atoms with van der Waals surface area (Å²) >= 11 is 0. The third kappa shape index (κ3) is 12.8. The van der Waals surface area contributed by atoms with Crippen molar-refractivity contribution < 1.29 is 9.47 Å². The summed E-state index contributed by atoms with van der Waals surface area (Å²) in [6.07, 6.45) is 9.09. The molecule has 0 aliphatic heterocycles. The minimum Gasteiger partial charge on any atom is -0.382 e. The number of methoxy groups -OCH3 is 1. The maximum Gasteiger partial charge on any atom is 0.190 e. The average molecular weight is 470 g/mol. The molecule has 25 heavy (non-hydrogen) atoms. The molecule has 1 aliphatic carbocycles. The van der Waals surface area contributed by atoms with Crippen molar-refractivity contribution in [2.75, 3.05) is 60.7 Å². The molecular weight excluding hydrogens is 431 g/mol. The quantitative estimate of drug-likeness (QED) is 0.199. The summed E-state index contributed by atoms with van der Waals surface area (Å²) in [5.74, 6) is 0.882. The molecule has 0 unspecified atom stereocenters. The maximum atomic E-state index is 5.44. The van der Waals surface area contributed by atoms with Crippen molar-refractivity contribution in [3.05, 3.63) is 0 Å². The van der Waals surface area contributed by atoms with Crippen LogP contribution in [-0.4, -0.2) is 77.6 Å².